The summed E-state index contributed by atoms with van der Waals surface area (Å²) in [6.07, 6.45) is 8.68. The minimum absolute atomic E-state index is 0.0163. The summed E-state index contributed by atoms with van der Waals surface area (Å²) >= 11 is 7.52. The Labute approximate surface area is 218 Å². The van der Waals surface area contributed by atoms with Gasteiger partial charge >= 0.3 is 0 Å². The molecule has 1 fully saturated rings. The highest BCUT2D eigenvalue weighted by Crippen LogP contribution is 2.38. The molecule has 0 aliphatic carbocycles. The molecule has 2 aliphatic heterocycles. The van der Waals surface area contributed by atoms with E-state index < -0.39 is 5.82 Å². The SMILES string of the molecule is CC1CCC(CN(C)C/C=C/C(=O)N2CCc3c(sc4ncnc(Nc5ccc(F)c(Cl)c5)c34)C2)O1. The zero-order valence-electron chi connectivity index (χ0n) is 20.3. The maximum Gasteiger partial charge on any atom is 0.246 e. The maximum absolute atomic E-state index is 13.6. The highest BCUT2D eigenvalue weighted by molar-refractivity contribution is 7.19. The van der Waals surface area contributed by atoms with Crippen molar-refractivity contribution in [1.29, 1.82) is 0 Å². The number of hydrogen-bond donors (Lipinski definition) is 1. The summed E-state index contributed by atoms with van der Waals surface area (Å²) in [5.74, 6) is 0.206. The minimum atomic E-state index is -0.467. The molecule has 1 saturated heterocycles. The number of benzene rings is 1. The lowest BCUT2D eigenvalue weighted by Gasteiger charge is -2.26. The molecule has 0 spiro atoms. The smallest absolute Gasteiger partial charge is 0.246 e. The van der Waals surface area contributed by atoms with Gasteiger partial charge in [-0.25, -0.2) is 14.4 Å². The summed E-state index contributed by atoms with van der Waals surface area (Å²) in [6.45, 7) is 4.87. The molecule has 2 aliphatic rings. The van der Waals surface area contributed by atoms with Crippen molar-refractivity contribution in [1.82, 2.24) is 19.8 Å². The lowest BCUT2D eigenvalue weighted by atomic mass is 10.0. The first-order chi connectivity index (χ1) is 17.4. The van der Waals surface area contributed by atoms with Crippen LogP contribution >= 0.6 is 22.9 Å². The fourth-order valence-corrected chi connectivity index (χ4v) is 6.19. The van der Waals surface area contributed by atoms with Crippen LogP contribution in [0.4, 0.5) is 15.9 Å². The molecule has 0 bridgehead atoms. The molecular weight excluding hydrogens is 501 g/mol. The van der Waals surface area contributed by atoms with Crippen LogP contribution in [0.1, 0.15) is 30.2 Å². The Morgan fingerprint density at radius 1 is 1.39 bits per heavy atom. The molecule has 0 radical (unpaired) electrons. The average Bonchev–Trinajstić information content (AvgIpc) is 3.44. The number of rotatable bonds is 7. The van der Waals surface area contributed by atoms with Crippen molar-refractivity contribution in [2.24, 2.45) is 0 Å². The number of nitrogens with one attached hydrogen (secondary N) is 1. The summed E-state index contributed by atoms with van der Waals surface area (Å²) < 4.78 is 19.4. The maximum atomic E-state index is 13.6. The molecule has 3 aromatic rings. The first-order valence-electron chi connectivity index (χ1n) is 12.1. The Bertz CT molecular complexity index is 1300. The van der Waals surface area contributed by atoms with Gasteiger partial charge in [0.2, 0.25) is 5.91 Å². The van der Waals surface area contributed by atoms with Crippen LogP contribution in [-0.2, 0) is 22.5 Å². The summed E-state index contributed by atoms with van der Waals surface area (Å²) in [6, 6.07) is 4.48. The van der Waals surface area contributed by atoms with Crippen LogP contribution in [0.3, 0.4) is 0 Å². The second kappa shape index (κ2) is 10.8. The van der Waals surface area contributed by atoms with Crippen molar-refractivity contribution in [2.75, 3.05) is 32.0 Å². The van der Waals surface area contributed by atoms with Crippen LogP contribution in [0, 0.1) is 5.82 Å². The molecular formula is C26H29ClFN5O2S. The predicted molar refractivity (Wildman–Crippen MR) is 141 cm³/mol. The molecule has 7 nitrogen and oxygen atoms in total. The standard InChI is InChI=1S/C26H29ClFN5O2S/c1-16-5-7-18(35-16)13-32(2)10-3-4-23(34)33-11-9-19-22(14-33)36-26-24(19)25(29-15-30-26)31-17-6-8-21(28)20(27)12-17/h3-4,6,8,12,15-16,18H,5,7,9-11,13-14H2,1-2H3,(H,29,30,31)/b4-3+. The van der Waals surface area contributed by atoms with Gasteiger partial charge in [-0.2, -0.15) is 0 Å². The van der Waals surface area contributed by atoms with E-state index in [-0.39, 0.29) is 17.0 Å². The lowest BCUT2D eigenvalue weighted by Crippen LogP contribution is -2.34. The summed E-state index contributed by atoms with van der Waals surface area (Å²) in [7, 11) is 2.05. The summed E-state index contributed by atoms with van der Waals surface area (Å²) in [4.78, 5) is 27.8. The van der Waals surface area contributed by atoms with Gasteiger partial charge in [-0.3, -0.25) is 4.79 Å². The second-order valence-corrected chi connectivity index (χ2v) is 10.9. The van der Waals surface area contributed by atoms with E-state index in [4.69, 9.17) is 16.3 Å². The first-order valence-corrected chi connectivity index (χ1v) is 13.3. The number of anilines is 2. The van der Waals surface area contributed by atoms with E-state index in [1.807, 2.05) is 11.0 Å². The van der Waals surface area contributed by atoms with Gasteiger partial charge in [0.05, 0.1) is 29.2 Å². The Morgan fingerprint density at radius 3 is 3.03 bits per heavy atom. The number of ether oxygens (including phenoxy) is 1. The van der Waals surface area contributed by atoms with E-state index in [1.54, 1.807) is 23.5 Å². The number of thiophene rings is 1. The first kappa shape index (κ1) is 25.1. The van der Waals surface area contributed by atoms with Gasteiger partial charge in [0.25, 0.3) is 0 Å². The Hall–Kier alpha value is -2.59. The minimum Gasteiger partial charge on any atom is -0.374 e. The van der Waals surface area contributed by atoms with E-state index in [0.29, 0.717) is 37.2 Å². The number of nitrogens with zero attached hydrogens (tertiary/aromatic N) is 4. The quantitative estimate of drug-likeness (QED) is 0.426. The third kappa shape index (κ3) is 5.54. The molecule has 1 amide bonds. The van der Waals surface area contributed by atoms with Gasteiger partial charge in [0, 0.05) is 36.3 Å². The molecule has 5 rings (SSSR count). The number of carbonyl (C=O) groups is 1. The highest BCUT2D eigenvalue weighted by Gasteiger charge is 2.26. The third-order valence-electron chi connectivity index (χ3n) is 6.64. The number of hydrogen-bond acceptors (Lipinski definition) is 7. The molecule has 2 aromatic heterocycles. The van der Waals surface area contributed by atoms with Crippen molar-refractivity contribution < 1.29 is 13.9 Å². The largest absolute Gasteiger partial charge is 0.374 e. The number of aromatic nitrogens is 2. The highest BCUT2D eigenvalue weighted by atomic mass is 35.5. The van der Waals surface area contributed by atoms with Crippen LogP contribution in [0.5, 0.6) is 0 Å². The molecule has 10 heteroatoms. The van der Waals surface area contributed by atoms with Gasteiger partial charge < -0.3 is 19.9 Å². The van der Waals surface area contributed by atoms with Gasteiger partial charge in [-0.15, -0.1) is 11.3 Å². The average molecular weight is 530 g/mol. The topological polar surface area (TPSA) is 70.6 Å². The van der Waals surface area contributed by atoms with Gasteiger partial charge in [0.1, 0.15) is 22.8 Å². The zero-order valence-corrected chi connectivity index (χ0v) is 21.9. The van der Waals surface area contributed by atoms with Crippen LogP contribution in [0.25, 0.3) is 10.2 Å². The number of carbonyl (C=O) groups excluding carboxylic acids is 1. The molecule has 0 saturated carbocycles. The van der Waals surface area contributed by atoms with Crippen LogP contribution in [-0.4, -0.2) is 64.6 Å². The molecule has 1 aromatic carbocycles. The van der Waals surface area contributed by atoms with Crippen LogP contribution < -0.4 is 5.32 Å². The van der Waals surface area contributed by atoms with E-state index in [9.17, 15) is 9.18 Å². The second-order valence-electron chi connectivity index (χ2n) is 9.44. The third-order valence-corrected chi connectivity index (χ3v) is 8.06. The molecule has 4 heterocycles. The van der Waals surface area contributed by atoms with E-state index in [0.717, 1.165) is 46.5 Å². The van der Waals surface area contributed by atoms with Gasteiger partial charge in [0.15, 0.2) is 0 Å². The normalized spacial score (nSPS) is 20.0. The van der Waals surface area contributed by atoms with E-state index in [1.165, 1.54) is 18.5 Å². The monoisotopic (exact) mass is 529 g/mol. The number of likely N-dealkylation sites (N-methyl/N-ethyl adjacent to an activating group) is 1. The predicted octanol–water partition coefficient (Wildman–Crippen LogP) is 5.17. The van der Waals surface area contributed by atoms with Gasteiger partial charge in [-0.05, 0) is 57.0 Å². The van der Waals surface area contributed by atoms with Crippen molar-refractivity contribution in [3.63, 3.8) is 0 Å². The summed E-state index contributed by atoms with van der Waals surface area (Å²) in [5, 5.41) is 4.25. The van der Waals surface area contributed by atoms with Crippen LogP contribution in [0.15, 0.2) is 36.7 Å². The van der Waals surface area contributed by atoms with E-state index >= 15 is 0 Å². The van der Waals surface area contributed by atoms with E-state index in [2.05, 4.69) is 34.2 Å². The van der Waals surface area contributed by atoms with Crippen LogP contribution in [0.2, 0.25) is 5.02 Å². The Balaban J connectivity index is 1.24. The number of halogens is 2. The zero-order chi connectivity index (χ0) is 25.2. The van der Waals surface area contributed by atoms with Gasteiger partial charge in [-0.1, -0.05) is 17.7 Å². The number of amides is 1. The fourth-order valence-electron chi connectivity index (χ4n) is 4.80. The Morgan fingerprint density at radius 2 is 2.25 bits per heavy atom. The molecule has 2 atom stereocenters. The molecule has 190 valence electrons. The molecule has 1 N–H and O–H groups in total. The van der Waals surface area contributed by atoms with Crippen molar-refractivity contribution in [3.05, 3.63) is 58.0 Å². The molecule has 36 heavy (non-hydrogen) atoms. The fraction of sp³-hybridized carbons (Fsp3) is 0.423. The van der Waals surface area contributed by atoms with Crippen molar-refractivity contribution in [2.45, 2.75) is 44.9 Å². The van der Waals surface area contributed by atoms with Crippen molar-refractivity contribution in [3.8, 4) is 0 Å². The van der Waals surface area contributed by atoms with Crippen molar-refractivity contribution >= 4 is 50.6 Å². The summed E-state index contributed by atoms with van der Waals surface area (Å²) in [5.41, 5.74) is 1.81. The molecule has 2 unspecified atom stereocenters. The lowest BCUT2D eigenvalue weighted by molar-refractivity contribution is -0.126. The number of fused-ring (bicyclic) bond motifs is 3. The Kier molecular flexibility index (Phi) is 7.52.